The smallest absolute Gasteiger partial charge is 0.0934 e. The van der Waals surface area contributed by atoms with Gasteiger partial charge in [0.1, 0.15) is 0 Å². The van der Waals surface area contributed by atoms with Gasteiger partial charge < -0.3 is 0 Å². The first-order chi connectivity index (χ1) is 13.0. The molecule has 0 unspecified atom stereocenters. The van der Waals surface area contributed by atoms with Crippen LogP contribution in [0.1, 0.15) is 11.1 Å². The number of aromatic nitrogens is 2. The van der Waals surface area contributed by atoms with Crippen molar-refractivity contribution in [3.63, 3.8) is 0 Å². The third kappa shape index (κ3) is 3.64. The van der Waals surface area contributed by atoms with E-state index in [1.807, 2.05) is 22.9 Å². The van der Waals surface area contributed by atoms with Gasteiger partial charge in [0.25, 0.3) is 0 Å². The Kier molecular flexibility index (Phi) is 4.77. The molecule has 0 radical (unpaired) electrons. The van der Waals surface area contributed by atoms with Crippen molar-refractivity contribution in [2.24, 2.45) is 0 Å². The van der Waals surface area contributed by atoms with Gasteiger partial charge in [0.05, 0.1) is 22.1 Å². The van der Waals surface area contributed by atoms with E-state index in [1.165, 1.54) is 11.1 Å². The van der Waals surface area contributed by atoms with Crippen LogP contribution in [0.4, 0.5) is 0 Å². The van der Waals surface area contributed by atoms with E-state index in [4.69, 9.17) is 28.3 Å². The molecule has 0 saturated heterocycles. The van der Waals surface area contributed by atoms with Gasteiger partial charge in [-0.1, -0.05) is 70.7 Å². The summed E-state index contributed by atoms with van der Waals surface area (Å²) in [4.78, 5) is 0. The third-order valence-corrected chi connectivity index (χ3v) is 5.01. The molecule has 1 heterocycles. The van der Waals surface area contributed by atoms with Crippen molar-refractivity contribution in [2.45, 2.75) is 13.8 Å². The first-order valence-electron chi connectivity index (χ1n) is 8.71. The van der Waals surface area contributed by atoms with E-state index in [-0.39, 0.29) is 0 Å². The summed E-state index contributed by atoms with van der Waals surface area (Å²) in [6.07, 6.45) is 0. The molecule has 134 valence electrons. The molecule has 0 spiro atoms. The minimum atomic E-state index is 0.565. The average Bonchev–Trinajstić information content (AvgIpc) is 3.07. The largest absolute Gasteiger partial charge is 0.231 e. The number of rotatable bonds is 3. The van der Waals surface area contributed by atoms with E-state index in [9.17, 15) is 0 Å². The summed E-state index contributed by atoms with van der Waals surface area (Å²) < 4.78 is 1.89. The third-order valence-electron chi connectivity index (χ3n) is 4.47. The van der Waals surface area contributed by atoms with Crippen molar-refractivity contribution in [1.82, 2.24) is 9.78 Å². The Morgan fingerprint density at radius 2 is 1.41 bits per heavy atom. The van der Waals surface area contributed by atoms with E-state index >= 15 is 0 Å². The summed E-state index contributed by atoms with van der Waals surface area (Å²) >= 11 is 12.6. The maximum atomic E-state index is 6.49. The van der Waals surface area contributed by atoms with Crippen LogP contribution >= 0.6 is 23.2 Å². The molecule has 0 saturated carbocycles. The molecule has 0 fully saturated rings. The summed E-state index contributed by atoms with van der Waals surface area (Å²) in [5.74, 6) is 0. The van der Waals surface area contributed by atoms with Gasteiger partial charge in [-0.25, -0.2) is 4.68 Å². The highest BCUT2D eigenvalue weighted by Gasteiger charge is 2.15. The summed E-state index contributed by atoms with van der Waals surface area (Å²) in [5, 5.41) is 6.05. The van der Waals surface area contributed by atoms with Gasteiger partial charge in [-0.2, -0.15) is 5.10 Å². The quantitative estimate of drug-likeness (QED) is 0.362. The second-order valence-corrected chi connectivity index (χ2v) is 7.50. The topological polar surface area (TPSA) is 17.8 Å². The highest BCUT2D eigenvalue weighted by atomic mass is 35.5. The van der Waals surface area contributed by atoms with Crippen LogP contribution in [0.3, 0.4) is 0 Å². The lowest BCUT2D eigenvalue weighted by Crippen LogP contribution is -2.00. The number of nitrogens with zero attached hydrogens (tertiary/aromatic N) is 2. The van der Waals surface area contributed by atoms with Gasteiger partial charge in [-0.15, -0.1) is 0 Å². The number of hydrogen-bond donors (Lipinski definition) is 0. The molecule has 0 amide bonds. The van der Waals surface area contributed by atoms with Gasteiger partial charge in [0.2, 0.25) is 0 Å². The normalized spacial score (nSPS) is 11.0. The Bertz CT molecular complexity index is 1130. The second kappa shape index (κ2) is 7.22. The van der Waals surface area contributed by atoms with Gasteiger partial charge in [0.15, 0.2) is 0 Å². The Balaban J connectivity index is 1.95. The first-order valence-corrected chi connectivity index (χ1v) is 9.46. The van der Waals surface area contributed by atoms with Crippen LogP contribution in [0.15, 0.2) is 72.8 Å². The fraction of sp³-hybridized carbons (Fsp3) is 0.0870. The van der Waals surface area contributed by atoms with Crippen molar-refractivity contribution >= 4 is 23.2 Å². The lowest BCUT2D eigenvalue weighted by molar-refractivity contribution is 0.892. The molecule has 27 heavy (non-hydrogen) atoms. The molecule has 0 N–H and O–H groups in total. The lowest BCUT2D eigenvalue weighted by atomic mass is 10.1. The van der Waals surface area contributed by atoms with E-state index in [0.717, 1.165) is 28.2 Å². The molecule has 0 atom stereocenters. The summed E-state index contributed by atoms with van der Waals surface area (Å²) in [6, 6.07) is 24.3. The van der Waals surface area contributed by atoms with E-state index in [2.05, 4.69) is 62.4 Å². The zero-order valence-electron chi connectivity index (χ0n) is 15.1. The maximum absolute atomic E-state index is 6.49. The molecule has 0 aliphatic carbocycles. The van der Waals surface area contributed by atoms with Crippen LogP contribution in [0.25, 0.3) is 28.2 Å². The fourth-order valence-electron chi connectivity index (χ4n) is 3.17. The Hall–Kier alpha value is -2.55. The number of benzene rings is 3. The number of halogens is 2. The van der Waals surface area contributed by atoms with E-state index in [0.29, 0.717) is 10.0 Å². The zero-order chi connectivity index (χ0) is 19.0. The minimum Gasteiger partial charge on any atom is -0.231 e. The highest BCUT2D eigenvalue weighted by Crippen LogP contribution is 2.32. The van der Waals surface area contributed by atoms with Crippen LogP contribution in [0.5, 0.6) is 0 Å². The molecule has 4 aromatic rings. The van der Waals surface area contributed by atoms with Gasteiger partial charge in [-0.05, 0) is 50.2 Å². The zero-order valence-corrected chi connectivity index (χ0v) is 16.6. The van der Waals surface area contributed by atoms with Gasteiger partial charge >= 0.3 is 0 Å². The van der Waals surface area contributed by atoms with E-state index in [1.54, 1.807) is 6.07 Å². The maximum Gasteiger partial charge on any atom is 0.0934 e. The molecule has 3 aromatic carbocycles. The molecular weight excluding hydrogens is 375 g/mol. The van der Waals surface area contributed by atoms with Crippen LogP contribution in [0, 0.1) is 13.8 Å². The van der Waals surface area contributed by atoms with Crippen molar-refractivity contribution < 1.29 is 0 Å². The molecule has 0 bridgehead atoms. The Labute approximate surface area is 169 Å². The SMILES string of the molecule is Cc1cccc(-c2cc(-c3cccc(C)c3)n(-c3ccc(Cl)cc3Cl)n2)c1. The summed E-state index contributed by atoms with van der Waals surface area (Å²) in [6.45, 7) is 4.17. The molecular formula is C23H18Cl2N2. The molecule has 0 aliphatic rings. The number of hydrogen-bond acceptors (Lipinski definition) is 1. The lowest BCUT2D eigenvalue weighted by Gasteiger charge is -2.10. The van der Waals surface area contributed by atoms with Crippen LogP contribution in [0.2, 0.25) is 10.0 Å². The Morgan fingerprint density at radius 3 is 2.07 bits per heavy atom. The molecule has 4 rings (SSSR count). The van der Waals surface area contributed by atoms with Crippen LogP contribution in [-0.2, 0) is 0 Å². The standard InChI is InChI=1S/C23H18Cl2N2/c1-15-5-3-7-17(11-15)21-14-23(18-8-4-6-16(2)12-18)27(26-21)22-10-9-19(24)13-20(22)25/h3-14H,1-2H3. The predicted molar refractivity (Wildman–Crippen MR) is 114 cm³/mol. The summed E-state index contributed by atoms with van der Waals surface area (Å²) in [7, 11) is 0. The van der Waals surface area contributed by atoms with E-state index < -0.39 is 0 Å². The number of aryl methyl sites for hydroxylation is 2. The average molecular weight is 393 g/mol. The van der Waals surface area contributed by atoms with Crippen molar-refractivity contribution in [3.8, 4) is 28.2 Å². The van der Waals surface area contributed by atoms with Gasteiger partial charge in [-0.3, -0.25) is 0 Å². The molecule has 2 nitrogen and oxygen atoms in total. The monoisotopic (exact) mass is 392 g/mol. The second-order valence-electron chi connectivity index (χ2n) is 6.66. The Morgan fingerprint density at radius 1 is 0.741 bits per heavy atom. The molecule has 4 heteroatoms. The molecule has 0 aliphatic heterocycles. The first kappa shape index (κ1) is 17.8. The fourth-order valence-corrected chi connectivity index (χ4v) is 3.66. The van der Waals surface area contributed by atoms with Crippen molar-refractivity contribution in [2.75, 3.05) is 0 Å². The van der Waals surface area contributed by atoms with Gasteiger partial charge in [0, 0.05) is 16.1 Å². The minimum absolute atomic E-state index is 0.565. The summed E-state index contributed by atoms with van der Waals surface area (Å²) in [5.41, 5.74) is 7.25. The van der Waals surface area contributed by atoms with Crippen molar-refractivity contribution in [3.05, 3.63) is 94.0 Å². The molecule has 1 aromatic heterocycles. The predicted octanol–water partition coefficient (Wildman–Crippen LogP) is 7.13. The highest BCUT2D eigenvalue weighted by molar-refractivity contribution is 6.35. The van der Waals surface area contributed by atoms with Crippen LogP contribution < -0.4 is 0 Å². The van der Waals surface area contributed by atoms with Crippen LogP contribution in [-0.4, -0.2) is 9.78 Å². The van der Waals surface area contributed by atoms with Crippen molar-refractivity contribution in [1.29, 1.82) is 0 Å².